The Kier molecular flexibility index (Phi) is 7.67. The molecule has 0 bridgehead atoms. The monoisotopic (exact) mass is 366 g/mol. The van der Waals surface area contributed by atoms with Crippen molar-refractivity contribution in [3.05, 3.63) is 59.7 Å². The molecule has 0 fully saturated rings. The van der Waals surface area contributed by atoms with Crippen LogP contribution < -0.4 is 10.2 Å². The minimum atomic E-state index is -0.150. The Hall–Kier alpha value is -2.13. The summed E-state index contributed by atoms with van der Waals surface area (Å²) in [6, 6.07) is 13.6. The molecule has 0 aliphatic carbocycles. The van der Waals surface area contributed by atoms with Gasteiger partial charge in [0, 0.05) is 30.9 Å². The molecule has 0 amide bonds. The van der Waals surface area contributed by atoms with Gasteiger partial charge in [-0.2, -0.15) is 0 Å². The van der Waals surface area contributed by atoms with Crippen LogP contribution in [0.1, 0.15) is 25.0 Å². The first-order chi connectivity index (χ1) is 11.0. The molecular formula is C19H20N2NiO2. The number of benzene rings is 2. The van der Waals surface area contributed by atoms with E-state index in [9.17, 15) is 10.2 Å². The molecule has 4 nitrogen and oxygen atoms in total. The normalized spacial score (nSPS) is 11.8. The summed E-state index contributed by atoms with van der Waals surface area (Å²) in [6.07, 6.45) is 3.22. The van der Waals surface area contributed by atoms with Crippen LogP contribution in [0, 0.1) is 5.41 Å². The third kappa shape index (κ3) is 6.17. The van der Waals surface area contributed by atoms with Crippen molar-refractivity contribution < 1.29 is 26.7 Å². The van der Waals surface area contributed by atoms with Gasteiger partial charge in [0.2, 0.25) is 0 Å². The van der Waals surface area contributed by atoms with Crippen LogP contribution >= 0.6 is 0 Å². The number of hydrogen-bond acceptors (Lipinski definition) is 4. The van der Waals surface area contributed by atoms with E-state index in [-0.39, 0.29) is 33.4 Å². The Morgan fingerprint density at radius 1 is 0.792 bits per heavy atom. The topological polar surface area (TPSA) is 70.8 Å². The molecule has 0 N–H and O–H groups in total. The van der Waals surface area contributed by atoms with Crippen molar-refractivity contribution in [2.75, 3.05) is 13.1 Å². The predicted molar refractivity (Wildman–Crippen MR) is 90.5 cm³/mol. The second-order valence-electron chi connectivity index (χ2n) is 6.18. The SMILES string of the molecule is CC(C)(CN=Cc1ccccc1[O-])CN=Cc1ccccc1[O-].[Ni+2]. The average molecular weight is 367 g/mol. The Morgan fingerprint density at radius 3 is 1.54 bits per heavy atom. The van der Waals surface area contributed by atoms with Gasteiger partial charge < -0.3 is 10.2 Å². The summed E-state index contributed by atoms with van der Waals surface area (Å²) in [4.78, 5) is 8.71. The molecule has 0 aliphatic rings. The van der Waals surface area contributed by atoms with E-state index in [1.807, 2.05) is 26.0 Å². The molecule has 0 radical (unpaired) electrons. The van der Waals surface area contributed by atoms with Gasteiger partial charge >= 0.3 is 16.5 Å². The van der Waals surface area contributed by atoms with E-state index in [0.717, 1.165) is 0 Å². The average Bonchev–Trinajstić information content (AvgIpc) is 2.51. The second kappa shape index (κ2) is 9.24. The van der Waals surface area contributed by atoms with E-state index in [1.54, 1.807) is 36.7 Å². The maximum atomic E-state index is 11.6. The molecule has 2 rings (SSSR count). The Balaban J connectivity index is 0.00000288. The van der Waals surface area contributed by atoms with Crippen LogP contribution in [0.2, 0.25) is 0 Å². The number of nitrogens with zero attached hydrogens (tertiary/aromatic N) is 2. The first-order valence-electron chi connectivity index (χ1n) is 7.50. The van der Waals surface area contributed by atoms with E-state index >= 15 is 0 Å². The fourth-order valence-corrected chi connectivity index (χ4v) is 2.01. The fraction of sp³-hybridized carbons (Fsp3) is 0.263. The molecule has 24 heavy (non-hydrogen) atoms. The van der Waals surface area contributed by atoms with E-state index in [0.29, 0.717) is 24.2 Å². The van der Waals surface area contributed by atoms with Gasteiger partial charge in [0.15, 0.2) is 0 Å². The summed E-state index contributed by atoms with van der Waals surface area (Å²) >= 11 is 0. The standard InChI is InChI=1S/C19H22N2O2.Ni/c1-19(2,13-20-11-15-7-3-5-9-17(15)22)14-21-12-16-8-4-6-10-18(16)23;/h3-12,22-23H,13-14H2,1-2H3;/q;+2/p-2. The summed E-state index contributed by atoms with van der Waals surface area (Å²) < 4.78 is 0. The van der Waals surface area contributed by atoms with E-state index in [2.05, 4.69) is 9.98 Å². The summed E-state index contributed by atoms with van der Waals surface area (Å²) in [5.74, 6) is -0.0572. The van der Waals surface area contributed by atoms with Gasteiger partial charge in [-0.05, 0) is 11.1 Å². The van der Waals surface area contributed by atoms with Crippen LogP contribution in [-0.2, 0) is 16.5 Å². The zero-order chi connectivity index (χ0) is 16.7. The smallest absolute Gasteiger partial charge is 0.872 e. The molecule has 2 aromatic rings. The molecule has 5 heteroatoms. The minimum absolute atomic E-state index is 0. The van der Waals surface area contributed by atoms with Gasteiger partial charge in [0.25, 0.3) is 0 Å². The van der Waals surface area contributed by atoms with E-state index in [4.69, 9.17) is 0 Å². The Bertz CT molecular complexity index is 653. The van der Waals surface area contributed by atoms with Gasteiger partial charge in [-0.15, -0.1) is 11.5 Å². The van der Waals surface area contributed by atoms with Crippen LogP contribution in [0.25, 0.3) is 0 Å². The van der Waals surface area contributed by atoms with Crippen LogP contribution in [0.15, 0.2) is 58.5 Å². The van der Waals surface area contributed by atoms with Crippen LogP contribution in [0.4, 0.5) is 0 Å². The number of para-hydroxylation sites is 2. The molecular weight excluding hydrogens is 347 g/mol. The van der Waals surface area contributed by atoms with Crippen molar-refractivity contribution >= 4 is 12.4 Å². The van der Waals surface area contributed by atoms with E-state index < -0.39 is 0 Å². The maximum Gasteiger partial charge on any atom is 2.00 e. The summed E-state index contributed by atoms with van der Waals surface area (Å²) in [7, 11) is 0. The third-order valence-electron chi connectivity index (χ3n) is 3.34. The molecule has 0 heterocycles. The zero-order valence-corrected chi connectivity index (χ0v) is 14.7. The summed E-state index contributed by atoms with van der Waals surface area (Å²) in [6.45, 7) is 5.21. The zero-order valence-electron chi connectivity index (χ0n) is 13.7. The molecule has 0 atom stereocenters. The van der Waals surface area contributed by atoms with Gasteiger partial charge in [-0.1, -0.05) is 62.4 Å². The maximum absolute atomic E-state index is 11.6. The van der Waals surface area contributed by atoms with Crippen LogP contribution in [-0.4, -0.2) is 25.5 Å². The van der Waals surface area contributed by atoms with Crippen LogP contribution in [0.5, 0.6) is 11.5 Å². The number of rotatable bonds is 6. The molecule has 0 aliphatic heterocycles. The van der Waals surface area contributed by atoms with Gasteiger partial charge in [-0.25, -0.2) is 0 Å². The van der Waals surface area contributed by atoms with Crippen molar-refractivity contribution in [1.29, 1.82) is 0 Å². The molecule has 0 saturated carbocycles. The van der Waals surface area contributed by atoms with Crippen molar-refractivity contribution in [2.24, 2.45) is 15.4 Å². The Labute approximate surface area is 152 Å². The van der Waals surface area contributed by atoms with Crippen molar-refractivity contribution in [3.63, 3.8) is 0 Å². The van der Waals surface area contributed by atoms with Gasteiger partial charge in [0.1, 0.15) is 0 Å². The quantitative estimate of drug-likeness (QED) is 0.581. The van der Waals surface area contributed by atoms with Gasteiger partial charge in [0.05, 0.1) is 0 Å². The fourth-order valence-electron chi connectivity index (χ4n) is 2.01. The first-order valence-corrected chi connectivity index (χ1v) is 7.50. The molecule has 0 saturated heterocycles. The molecule has 2 aromatic carbocycles. The summed E-state index contributed by atoms with van der Waals surface area (Å²) in [5.41, 5.74) is 1.03. The van der Waals surface area contributed by atoms with Crippen molar-refractivity contribution in [3.8, 4) is 11.5 Å². The van der Waals surface area contributed by atoms with E-state index in [1.165, 1.54) is 12.1 Å². The minimum Gasteiger partial charge on any atom is -0.872 e. The predicted octanol–water partition coefficient (Wildman–Crippen LogP) is 2.40. The molecule has 0 unspecified atom stereocenters. The molecule has 0 spiro atoms. The van der Waals surface area contributed by atoms with Crippen molar-refractivity contribution in [1.82, 2.24) is 0 Å². The van der Waals surface area contributed by atoms with Crippen molar-refractivity contribution in [2.45, 2.75) is 13.8 Å². The van der Waals surface area contributed by atoms with Gasteiger partial charge in [-0.3, -0.25) is 9.98 Å². The summed E-state index contributed by atoms with van der Waals surface area (Å²) in [5, 5.41) is 23.2. The Morgan fingerprint density at radius 2 is 1.17 bits per heavy atom. The third-order valence-corrected chi connectivity index (χ3v) is 3.34. The first kappa shape index (κ1) is 19.9. The second-order valence-corrected chi connectivity index (χ2v) is 6.18. The van der Waals surface area contributed by atoms with Crippen LogP contribution in [0.3, 0.4) is 0 Å². The number of hydrogen-bond donors (Lipinski definition) is 0. The molecule has 0 aromatic heterocycles. The molecule has 128 valence electrons. The largest absolute Gasteiger partial charge is 2.00 e. The number of aliphatic imine (C=N–C) groups is 2.